The van der Waals surface area contributed by atoms with Crippen LogP contribution in [0.1, 0.15) is 31.7 Å². The molecule has 0 bridgehead atoms. The second-order valence-electron chi connectivity index (χ2n) is 5.42. The molecule has 0 saturated heterocycles. The first-order chi connectivity index (χ1) is 11.1. The normalized spacial score (nSPS) is 11.6. The third-order valence-corrected chi connectivity index (χ3v) is 3.81. The van der Waals surface area contributed by atoms with E-state index in [1.54, 1.807) is 19.2 Å². The standard InChI is InChI=1S/C19H23NO3/c1-4-14(2)15-9-11-16(12-10-15)23-13-19(21)20-17-7-5-6-8-18(17)22-3/h5-12,14H,4,13H2,1-3H3,(H,20,21)/t14-/m0/s1. The molecule has 2 aromatic carbocycles. The average molecular weight is 313 g/mol. The van der Waals surface area contributed by atoms with Gasteiger partial charge in [0, 0.05) is 0 Å². The molecule has 4 nitrogen and oxygen atoms in total. The first-order valence-corrected chi connectivity index (χ1v) is 7.79. The summed E-state index contributed by atoms with van der Waals surface area (Å²) < 4.78 is 10.7. The van der Waals surface area contributed by atoms with E-state index in [0.29, 0.717) is 23.1 Å². The summed E-state index contributed by atoms with van der Waals surface area (Å²) in [5.41, 5.74) is 1.91. The zero-order valence-corrected chi connectivity index (χ0v) is 13.8. The topological polar surface area (TPSA) is 47.6 Å². The molecule has 0 saturated carbocycles. The maximum Gasteiger partial charge on any atom is 0.262 e. The van der Waals surface area contributed by atoms with Gasteiger partial charge in [0.25, 0.3) is 5.91 Å². The highest BCUT2D eigenvalue weighted by molar-refractivity contribution is 5.93. The number of para-hydroxylation sites is 2. The fourth-order valence-corrected chi connectivity index (χ4v) is 2.21. The van der Waals surface area contributed by atoms with Gasteiger partial charge >= 0.3 is 0 Å². The second-order valence-corrected chi connectivity index (χ2v) is 5.42. The molecule has 1 N–H and O–H groups in total. The van der Waals surface area contributed by atoms with Crippen LogP contribution in [0.5, 0.6) is 11.5 Å². The van der Waals surface area contributed by atoms with Gasteiger partial charge in [-0.25, -0.2) is 0 Å². The van der Waals surface area contributed by atoms with E-state index in [0.717, 1.165) is 6.42 Å². The zero-order chi connectivity index (χ0) is 16.7. The lowest BCUT2D eigenvalue weighted by Gasteiger charge is -2.12. The second kappa shape index (κ2) is 8.22. The van der Waals surface area contributed by atoms with E-state index in [2.05, 4.69) is 19.2 Å². The first-order valence-electron chi connectivity index (χ1n) is 7.79. The van der Waals surface area contributed by atoms with E-state index in [1.807, 2.05) is 36.4 Å². The molecule has 1 amide bonds. The number of ether oxygens (including phenoxy) is 2. The van der Waals surface area contributed by atoms with Crippen LogP contribution < -0.4 is 14.8 Å². The molecule has 0 heterocycles. The summed E-state index contributed by atoms with van der Waals surface area (Å²) in [5, 5.41) is 2.78. The molecule has 0 aliphatic rings. The van der Waals surface area contributed by atoms with Gasteiger partial charge in [0.15, 0.2) is 6.61 Å². The minimum Gasteiger partial charge on any atom is -0.495 e. The molecule has 2 rings (SSSR count). The zero-order valence-electron chi connectivity index (χ0n) is 13.8. The van der Waals surface area contributed by atoms with E-state index >= 15 is 0 Å². The Bertz CT molecular complexity index is 637. The molecular formula is C19H23NO3. The number of carbonyl (C=O) groups is 1. The Kier molecular flexibility index (Phi) is 6.03. The number of hydrogen-bond donors (Lipinski definition) is 1. The van der Waals surface area contributed by atoms with E-state index in [4.69, 9.17) is 9.47 Å². The van der Waals surface area contributed by atoms with Crippen molar-refractivity contribution in [3.05, 3.63) is 54.1 Å². The first kappa shape index (κ1) is 16.9. The number of carbonyl (C=O) groups excluding carboxylic acids is 1. The van der Waals surface area contributed by atoms with Gasteiger partial charge < -0.3 is 14.8 Å². The molecule has 0 fully saturated rings. The fourth-order valence-electron chi connectivity index (χ4n) is 2.21. The summed E-state index contributed by atoms with van der Waals surface area (Å²) in [6.07, 6.45) is 1.10. The number of anilines is 1. The molecule has 0 aromatic heterocycles. The minimum absolute atomic E-state index is 0.0409. The summed E-state index contributed by atoms with van der Waals surface area (Å²) in [4.78, 5) is 12.0. The van der Waals surface area contributed by atoms with Crippen molar-refractivity contribution in [2.24, 2.45) is 0 Å². The molecule has 4 heteroatoms. The lowest BCUT2D eigenvalue weighted by molar-refractivity contribution is -0.118. The predicted octanol–water partition coefficient (Wildman–Crippen LogP) is 4.23. The van der Waals surface area contributed by atoms with Crippen molar-refractivity contribution in [2.75, 3.05) is 19.0 Å². The van der Waals surface area contributed by atoms with Crippen molar-refractivity contribution in [3.63, 3.8) is 0 Å². The maximum atomic E-state index is 12.0. The van der Waals surface area contributed by atoms with Gasteiger partial charge in [-0.2, -0.15) is 0 Å². The Balaban J connectivity index is 1.89. The average Bonchev–Trinajstić information content (AvgIpc) is 2.60. The quantitative estimate of drug-likeness (QED) is 0.832. The van der Waals surface area contributed by atoms with Crippen molar-refractivity contribution in [3.8, 4) is 11.5 Å². The van der Waals surface area contributed by atoms with Crippen molar-refractivity contribution in [1.29, 1.82) is 0 Å². The fraction of sp³-hybridized carbons (Fsp3) is 0.316. The summed E-state index contributed by atoms with van der Waals surface area (Å²) >= 11 is 0. The van der Waals surface area contributed by atoms with Crippen LogP contribution in [-0.2, 0) is 4.79 Å². The number of hydrogen-bond acceptors (Lipinski definition) is 3. The Labute approximate surface area is 137 Å². The van der Waals surface area contributed by atoms with Gasteiger partial charge in [0.1, 0.15) is 11.5 Å². The molecule has 0 unspecified atom stereocenters. The highest BCUT2D eigenvalue weighted by atomic mass is 16.5. The van der Waals surface area contributed by atoms with Crippen LogP contribution in [0, 0.1) is 0 Å². The Morgan fingerprint density at radius 1 is 1.13 bits per heavy atom. The molecular weight excluding hydrogens is 290 g/mol. The lowest BCUT2D eigenvalue weighted by Crippen LogP contribution is -2.20. The van der Waals surface area contributed by atoms with Crippen molar-refractivity contribution in [2.45, 2.75) is 26.2 Å². The van der Waals surface area contributed by atoms with Crippen LogP contribution in [0.2, 0.25) is 0 Å². The van der Waals surface area contributed by atoms with Gasteiger partial charge in [-0.15, -0.1) is 0 Å². The summed E-state index contributed by atoms with van der Waals surface area (Å²) in [6.45, 7) is 4.31. The number of methoxy groups -OCH3 is 1. The molecule has 1 atom stereocenters. The highest BCUT2D eigenvalue weighted by Crippen LogP contribution is 2.23. The monoisotopic (exact) mass is 313 g/mol. The van der Waals surface area contributed by atoms with Gasteiger partial charge in [-0.1, -0.05) is 38.1 Å². The van der Waals surface area contributed by atoms with E-state index < -0.39 is 0 Å². The molecule has 0 radical (unpaired) electrons. The van der Waals surface area contributed by atoms with Crippen molar-refractivity contribution < 1.29 is 14.3 Å². The van der Waals surface area contributed by atoms with Crippen LogP contribution >= 0.6 is 0 Å². The van der Waals surface area contributed by atoms with Crippen LogP contribution in [-0.4, -0.2) is 19.6 Å². The number of amides is 1. The maximum absolute atomic E-state index is 12.0. The molecule has 0 aliphatic heterocycles. The van der Waals surface area contributed by atoms with Gasteiger partial charge in [-0.05, 0) is 42.2 Å². The molecule has 23 heavy (non-hydrogen) atoms. The Morgan fingerprint density at radius 2 is 1.83 bits per heavy atom. The SMILES string of the molecule is CC[C@H](C)c1ccc(OCC(=O)Nc2ccccc2OC)cc1. The molecule has 122 valence electrons. The van der Waals surface area contributed by atoms with Crippen LogP contribution in [0.4, 0.5) is 5.69 Å². The summed E-state index contributed by atoms with van der Waals surface area (Å²) in [5.74, 6) is 1.62. The third kappa shape index (κ3) is 4.74. The minimum atomic E-state index is -0.222. The summed E-state index contributed by atoms with van der Waals surface area (Å²) in [6, 6.07) is 15.2. The number of nitrogens with one attached hydrogen (secondary N) is 1. The van der Waals surface area contributed by atoms with Gasteiger partial charge in [0.2, 0.25) is 0 Å². The van der Waals surface area contributed by atoms with Crippen molar-refractivity contribution >= 4 is 11.6 Å². The van der Waals surface area contributed by atoms with Crippen LogP contribution in [0.25, 0.3) is 0 Å². The highest BCUT2D eigenvalue weighted by Gasteiger charge is 2.08. The number of benzene rings is 2. The molecule has 2 aromatic rings. The van der Waals surface area contributed by atoms with Crippen LogP contribution in [0.3, 0.4) is 0 Å². The van der Waals surface area contributed by atoms with Gasteiger partial charge in [-0.3, -0.25) is 4.79 Å². The summed E-state index contributed by atoms with van der Waals surface area (Å²) in [7, 11) is 1.57. The van der Waals surface area contributed by atoms with E-state index in [-0.39, 0.29) is 12.5 Å². The largest absolute Gasteiger partial charge is 0.495 e. The Morgan fingerprint density at radius 3 is 2.48 bits per heavy atom. The van der Waals surface area contributed by atoms with E-state index in [1.165, 1.54) is 5.56 Å². The van der Waals surface area contributed by atoms with E-state index in [9.17, 15) is 4.79 Å². The molecule has 0 aliphatic carbocycles. The number of rotatable bonds is 7. The smallest absolute Gasteiger partial charge is 0.262 e. The van der Waals surface area contributed by atoms with Gasteiger partial charge in [0.05, 0.1) is 12.8 Å². The molecule has 0 spiro atoms. The predicted molar refractivity (Wildman–Crippen MR) is 92.3 cm³/mol. The third-order valence-electron chi connectivity index (χ3n) is 3.81. The van der Waals surface area contributed by atoms with Crippen molar-refractivity contribution in [1.82, 2.24) is 0 Å². The van der Waals surface area contributed by atoms with Crippen LogP contribution in [0.15, 0.2) is 48.5 Å². The Hall–Kier alpha value is -2.49. The lowest BCUT2D eigenvalue weighted by atomic mass is 9.99.